The lowest BCUT2D eigenvalue weighted by Crippen LogP contribution is -2.12. The van der Waals surface area contributed by atoms with Gasteiger partial charge in [-0.05, 0) is 11.5 Å². The van der Waals surface area contributed by atoms with Crippen molar-refractivity contribution in [2.45, 2.75) is 13.8 Å². The fourth-order valence-electron chi connectivity index (χ4n) is 0.830. The molecule has 0 bridgehead atoms. The van der Waals surface area contributed by atoms with E-state index in [1.807, 2.05) is 36.5 Å². The molecule has 0 amide bonds. The van der Waals surface area contributed by atoms with Crippen molar-refractivity contribution in [1.82, 2.24) is 5.32 Å². The van der Waals surface area contributed by atoms with Gasteiger partial charge in [0.1, 0.15) is 0 Å². The molecule has 2 nitrogen and oxygen atoms in total. The summed E-state index contributed by atoms with van der Waals surface area (Å²) in [5, 5.41) is 10.5. The van der Waals surface area contributed by atoms with Gasteiger partial charge in [-0.1, -0.05) is 56.4 Å². The van der Waals surface area contributed by atoms with E-state index in [9.17, 15) is 0 Å². The van der Waals surface area contributed by atoms with Gasteiger partial charge in [0.15, 0.2) is 6.19 Å². The molecule has 0 saturated carbocycles. The Labute approximate surface area is 108 Å². The molecule has 0 fully saturated rings. The SMILES string of the molecule is CC(C)CNC#N.S=C(S)c1ccccc1. The number of thiocarbonyl (C=S) groups is 1. The summed E-state index contributed by atoms with van der Waals surface area (Å²) in [5.41, 5.74) is 1.01. The maximum atomic E-state index is 7.95. The molecule has 0 unspecified atom stereocenters. The van der Waals surface area contributed by atoms with Crippen LogP contribution in [0, 0.1) is 17.4 Å². The zero-order valence-corrected chi connectivity index (χ0v) is 11.2. The van der Waals surface area contributed by atoms with Crippen LogP contribution in [0.2, 0.25) is 0 Å². The molecule has 0 atom stereocenters. The summed E-state index contributed by atoms with van der Waals surface area (Å²) < 4.78 is 0.649. The van der Waals surface area contributed by atoms with Crippen LogP contribution in [-0.4, -0.2) is 10.7 Å². The van der Waals surface area contributed by atoms with Crippen molar-refractivity contribution in [2.24, 2.45) is 5.92 Å². The number of hydrogen-bond acceptors (Lipinski definition) is 3. The second-order valence-corrected chi connectivity index (χ2v) is 4.72. The van der Waals surface area contributed by atoms with Crippen molar-refractivity contribution in [3.63, 3.8) is 0 Å². The Bertz CT molecular complexity index is 342. The molecule has 86 valence electrons. The van der Waals surface area contributed by atoms with E-state index in [2.05, 4.69) is 31.8 Å². The molecular weight excluding hydrogens is 236 g/mol. The molecule has 0 aliphatic heterocycles. The molecule has 4 heteroatoms. The molecule has 0 spiro atoms. The van der Waals surface area contributed by atoms with Crippen molar-refractivity contribution < 1.29 is 0 Å². The maximum Gasteiger partial charge on any atom is 0.176 e. The van der Waals surface area contributed by atoms with Gasteiger partial charge in [-0.15, -0.1) is 12.6 Å². The Balaban J connectivity index is 0.000000293. The summed E-state index contributed by atoms with van der Waals surface area (Å²) in [5.74, 6) is 0.569. The number of hydrogen-bond donors (Lipinski definition) is 2. The number of nitrogens with zero attached hydrogens (tertiary/aromatic N) is 1. The molecule has 16 heavy (non-hydrogen) atoms. The number of benzene rings is 1. The average Bonchev–Trinajstić information content (AvgIpc) is 2.28. The first-order valence-electron chi connectivity index (χ1n) is 4.98. The van der Waals surface area contributed by atoms with Crippen LogP contribution in [0.15, 0.2) is 30.3 Å². The first-order valence-corrected chi connectivity index (χ1v) is 5.83. The van der Waals surface area contributed by atoms with Crippen molar-refractivity contribution in [3.8, 4) is 6.19 Å². The van der Waals surface area contributed by atoms with E-state index in [0.29, 0.717) is 10.1 Å². The van der Waals surface area contributed by atoms with Gasteiger partial charge in [-0.2, -0.15) is 5.26 Å². The van der Waals surface area contributed by atoms with Gasteiger partial charge in [0.2, 0.25) is 0 Å². The topological polar surface area (TPSA) is 35.8 Å². The summed E-state index contributed by atoms with van der Waals surface area (Å²) in [6.45, 7) is 4.91. The molecule has 1 aromatic rings. The summed E-state index contributed by atoms with van der Waals surface area (Å²) >= 11 is 8.85. The third-order valence-corrected chi connectivity index (χ3v) is 2.10. The number of nitriles is 1. The standard InChI is InChI=1S/C7H6S2.C5H10N2/c8-7(9)6-4-2-1-3-5-6;1-5(2)3-7-4-6/h1-5H,(H,8,9);5,7H,3H2,1-2H3. The van der Waals surface area contributed by atoms with Gasteiger partial charge in [-0.3, -0.25) is 0 Å². The normalized spacial score (nSPS) is 8.69. The van der Waals surface area contributed by atoms with E-state index in [-0.39, 0.29) is 0 Å². The van der Waals surface area contributed by atoms with Gasteiger partial charge >= 0.3 is 0 Å². The van der Waals surface area contributed by atoms with E-state index in [4.69, 9.17) is 17.5 Å². The summed E-state index contributed by atoms with van der Waals surface area (Å²) in [6, 6.07) is 9.72. The molecular formula is C12H16N2S2. The van der Waals surface area contributed by atoms with Gasteiger partial charge in [0, 0.05) is 6.54 Å². The monoisotopic (exact) mass is 252 g/mol. The van der Waals surface area contributed by atoms with Crippen molar-refractivity contribution in [1.29, 1.82) is 5.26 Å². The molecule has 1 rings (SSSR count). The molecule has 0 radical (unpaired) electrons. The molecule has 1 aromatic carbocycles. The third-order valence-electron chi connectivity index (χ3n) is 1.61. The average molecular weight is 252 g/mol. The van der Waals surface area contributed by atoms with Crippen LogP contribution in [0.25, 0.3) is 0 Å². The minimum atomic E-state index is 0.569. The van der Waals surface area contributed by atoms with Gasteiger partial charge in [-0.25, -0.2) is 0 Å². The van der Waals surface area contributed by atoms with Gasteiger partial charge in [0.05, 0.1) is 4.20 Å². The predicted molar refractivity (Wildman–Crippen MR) is 75.6 cm³/mol. The highest BCUT2D eigenvalue weighted by Crippen LogP contribution is 2.02. The zero-order valence-electron chi connectivity index (χ0n) is 9.47. The van der Waals surface area contributed by atoms with Crippen molar-refractivity contribution in [2.75, 3.05) is 6.54 Å². The Morgan fingerprint density at radius 3 is 2.25 bits per heavy atom. The molecule has 0 heterocycles. The lowest BCUT2D eigenvalue weighted by atomic mass is 10.2. The molecule has 0 aliphatic rings. The van der Waals surface area contributed by atoms with Crippen molar-refractivity contribution in [3.05, 3.63) is 35.9 Å². The summed E-state index contributed by atoms with van der Waals surface area (Å²) in [4.78, 5) is 0. The fraction of sp³-hybridized carbons (Fsp3) is 0.333. The number of thiol groups is 1. The van der Waals surface area contributed by atoms with Crippen LogP contribution in [0.5, 0.6) is 0 Å². The maximum absolute atomic E-state index is 7.95. The second-order valence-electron chi connectivity index (χ2n) is 3.56. The number of nitrogens with one attached hydrogen (secondary N) is 1. The Kier molecular flexibility index (Phi) is 8.59. The molecule has 0 saturated heterocycles. The van der Waals surface area contributed by atoms with E-state index < -0.39 is 0 Å². The Hall–Kier alpha value is -1.05. The lowest BCUT2D eigenvalue weighted by molar-refractivity contribution is 0.616. The van der Waals surface area contributed by atoms with Crippen LogP contribution in [0.4, 0.5) is 0 Å². The zero-order chi connectivity index (χ0) is 12.4. The van der Waals surface area contributed by atoms with Crippen LogP contribution in [0.1, 0.15) is 19.4 Å². The van der Waals surface area contributed by atoms with E-state index in [0.717, 1.165) is 12.1 Å². The smallest absolute Gasteiger partial charge is 0.176 e. The van der Waals surface area contributed by atoms with Gasteiger partial charge in [0.25, 0.3) is 0 Å². The highest BCUT2D eigenvalue weighted by molar-refractivity contribution is 8.11. The van der Waals surface area contributed by atoms with Crippen LogP contribution in [-0.2, 0) is 0 Å². The largest absolute Gasteiger partial charge is 0.324 e. The predicted octanol–water partition coefficient (Wildman–Crippen LogP) is 3.00. The quantitative estimate of drug-likeness (QED) is 0.376. The Morgan fingerprint density at radius 1 is 1.44 bits per heavy atom. The van der Waals surface area contributed by atoms with Crippen LogP contribution >= 0.6 is 24.8 Å². The lowest BCUT2D eigenvalue weighted by Gasteiger charge is -1.97. The summed E-state index contributed by atoms with van der Waals surface area (Å²) in [7, 11) is 0. The second kappa shape index (κ2) is 9.20. The van der Waals surface area contributed by atoms with Crippen LogP contribution in [0.3, 0.4) is 0 Å². The minimum Gasteiger partial charge on any atom is -0.324 e. The first kappa shape index (κ1) is 14.9. The molecule has 1 N–H and O–H groups in total. The minimum absolute atomic E-state index is 0.569. The van der Waals surface area contributed by atoms with Crippen LogP contribution < -0.4 is 5.32 Å². The fourth-order valence-corrected chi connectivity index (χ4v) is 1.12. The molecule has 0 aliphatic carbocycles. The van der Waals surface area contributed by atoms with E-state index >= 15 is 0 Å². The van der Waals surface area contributed by atoms with Gasteiger partial charge < -0.3 is 5.32 Å². The third kappa shape index (κ3) is 8.27. The summed E-state index contributed by atoms with van der Waals surface area (Å²) in [6.07, 6.45) is 1.85. The van der Waals surface area contributed by atoms with E-state index in [1.165, 1.54) is 0 Å². The van der Waals surface area contributed by atoms with Crippen molar-refractivity contribution >= 4 is 29.0 Å². The molecule has 0 aromatic heterocycles. The van der Waals surface area contributed by atoms with E-state index in [1.54, 1.807) is 0 Å². The number of rotatable bonds is 3. The highest BCUT2D eigenvalue weighted by atomic mass is 32.1. The first-order chi connectivity index (χ1) is 7.57. The highest BCUT2D eigenvalue weighted by Gasteiger charge is 1.89. The Morgan fingerprint density at radius 2 is 2.00 bits per heavy atom.